The van der Waals surface area contributed by atoms with Crippen molar-refractivity contribution in [2.24, 2.45) is 20.5 Å². The second kappa shape index (κ2) is 11.0. The predicted molar refractivity (Wildman–Crippen MR) is 147 cm³/mol. The maximum atomic E-state index is 12.1. The molecule has 0 aliphatic carbocycles. The monoisotopic (exact) mass is 637 g/mol. The fourth-order valence-corrected chi connectivity index (χ4v) is 5.42. The Kier molecular flexibility index (Phi) is 8.00. The van der Waals surface area contributed by atoms with Crippen LogP contribution in [0.25, 0.3) is 10.8 Å². The minimum atomic E-state index is -5.02. The summed E-state index contributed by atoms with van der Waals surface area (Å²) in [5, 5.41) is 25.3. The lowest BCUT2D eigenvalue weighted by molar-refractivity contribution is 0.416. The highest BCUT2D eigenvalue weighted by atomic mass is 32.2. The molecule has 0 saturated carbocycles. The summed E-state index contributed by atoms with van der Waals surface area (Å²) in [6, 6.07) is 11.4. The molecule has 0 fully saturated rings. The minimum absolute atomic E-state index is 0.115. The number of hydrogen-bond donors (Lipinski definition) is 5. The Morgan fingerprint density at radius 3 is 1.90 bits per heavy atom. The van der Waals surface area contributed by atoms with Crippen molar-refractivity contribution in [1.29, 1.82) is 0 Å². The van der Waals surface area contributed by atoms with Crippen LogP contribution in [-0.4, -0.2) is 51.1 Å². The lowest BCUT2D eigenvalue weighted by atomic mass is 10.1. The maximum Gasteiger partial charge on any atom is 0.295 e. The predicted octanol–water partition coefficient (Wildman–Crippen LogP) is 4.71. The first-order valence-electron chi connectivity index (χ1n) is 11.1. The maximum absolute atomic E-state index is 12.1. The minimum Gasteiger partial charge on any atom is -0.507 e. The molecular formula is C23H19N5O11S3. The smallest absolute Gasteiger partial charge is 0.295 e. The first-order valence-corrected chi connectivity index (χ1v) is 15.4. The highest BCUT2D eigenvalue weighted by molar-refractivity contribution is 7.86. The first-order chi connectivity index (χ1) is 19.5. The van der Waals surface area contributed by atoms with Gasteiger partial charge >= 0.3 is 0 Å². The molecule has 220 valence electrons. The third-order valence-electron chi connectivity index (χ3n) is 5.57. The lowest BCUT2D eigenvalue weighted by Crippen LogP contribution is -2.04. The van der Waals surface area contributed by atoms with Gasteiger partial charge in [0.1, 0.15) is 27.8 Å². The van der Waals surface area contributed by atoms with Gasteiger partial charge in [-0.15, -0.1) is 10.2 Å². The highest BCUT2D eigenvalue weighted by Gasteiger charge is 2.24. The van der Waals surface area contributed by atoms with E-state index in [1.54, 1.807) is 0 Å². The third-order valence-corrected chi connectivity index (χ3v) is 8.15. The molecule has 0 bridgehead atoms. The molecule has 0 aromatic heterocycles. The molecule has 4 aromatic carbocycles. The normalized spacial score (nSPS) is 12.9. The van der Waals surface area contributed by atoms with Gasteiger partial charge < -0.3 is 15.6 Å². The van der Waals surface area contributed by atoms with Gasteiger partial charge in [-0.3, -0.25) is 13.7 Å². The van der Waals surface area contributed by atoms with Crippen molar-refractivity contribution in [3.05, 3.63) is 60.7 Å². The molecule has 0 amide bonds. The van der Waals surface area contributed by atoms with Crippen molar-refractivity contribution >= 4 is 69.6 Å². The summed E-state index contributed by atoms with van der Waals surface area (Å²) in [7, 11) is -13.0. The average molecular weight is 638 g/mol. The highest BCUT2D eigenvalue weighted by Crippen LogP contribution is 2.43. The Labute approximate surface area is 238 Å². The molecule has 0 aliphatic rings. The van der Waals surface area contributed by atoms with Gasteiger partial charge in [0.2, 0.25) is 0 Å². The van der Waals surface area contributed by atoms with Crippen LogP contribution >= 0.6 is 0 Å². The molecule has 4 aromatic rings. The fraction of sp³-hybridized carbons (Fsp3) is 0.0435. The SMILES string of the molecule is COc1cc(N=Nc2cc(S(=O)(=O)O)c3cc(S(=O)(=O)O)cc(O)c3c2N)ccc1N=Nc1cccc(S(=O)(=O)O)c1. The molecule has 0 radical (unpaired) electrons. The summed E-state index contributed by atoms with van der Waals surface area (Å²) in [6.45, 7) is 0. The molecule has 0 atom stereocenters. The molecule has 16 nitrogen and oxygen atoms in total. The number of nitrogen functional groups attached to an aromatic ring is 1. The number of azo groups is 2. The van der Waals surface area contributed by atoms with Crippen molar-refractivity contribution in [2.75, 3.05) is 12.8 Å². The lowest BCUT2D eigenvalue weighted by Gasteiger charge is -2.12. The van der Waals surface area contributed by atoms with Crippen molar-refractivity contribution < 1.29 is 48.8 Å². The Bertz CT molecular complexity index is 2130. The number of methoxy groups -OCH3 is 1. The number of phenols is 1. The average Bonchev–Trinajstić information content (AvgIpc) is 2.90. The van der Waals surface area contributed by atoms with Crippen LogP contribution in [0.3, 0.4) is 0 Å². The van der Waals surface area contributed by atoms with Crippen LogP contribution in [0.4, 0.5) is 28.4 Å². The Morgan fingerprint density at radius 1 is 0.690 bits per heavy atom. The summed E-state index contributed by atoms with van der Waals surface area (Å²) in [5.74, 6) is -0.681. The fourth-order valence-electron chi connectivity index (χ4n) is 3.67. The number of nitrogens with zero attached hydrogens (tertiary/aromatic N) is 4. The number of ether oxygens (including phenoxy) is 1. The molecule has 0 heterocycles. The quantitative estimate of drug-likeness (QED) is 0.0998. The van der Waals surface area contributed by atoms with Gasteiger partial charge in [0.15, 0.2) is 0 Å². The Hall–Kier alpha value is -4.53. The van der Waals surface area contributed by atoms with Gasteiger partial charge in [-0.25, -0.2) is 0 Å². The number of aromatic hydroxyl groups is 1. The largest absolute Gasteiger partial charge is 0.507 e. The van der Waals surface area contributed by atoms with Gasteiger partial charge in [0.25, 0.3) is 30.4 Å². The number of hydrogen-bond acceptors (Lipinski definition) is 13. The van der Waals surface area contributed by atoms with Crippen LogP contribution in [0, 0.1) is 0 Å². The van der Waals surface area contributed by atoms with Crippen LogP contribution in [0.15, 0.2) is 95.8 Å². The van der Waals surface area contributed by atoms with E-state index in [1.807, 2.05) is 0 Å². The molecule has 0 spiro atoms. The van der Waals surface area contributed by atoms with Crippen molar-refractivity contribution in [3.63, 3.8) is 0 Å². The van der Waals surface area contributed by atoms with Gasteiger partial charge in [0, 0.05) is 17.5 Å². The zero-order valence-electron chi connectivity index (χ0n) is 21.0. The summed E-state index contributed by atoms with van der Waals surface area (Å²) in [5.41, 5.74) is 5.84. The molecule has 0 aliphatic heterocycles. The van der Waals surface area contributed by atoms with Gasteiger partial charge in [-0.05, 0) is 42.5 Å². The van der Waals surface area contributed by atoms with E-state index in [1.165, 1.54) is 43.5 Å². The van der Waals surface area contributed by atoms with Crippen molar-refractivity contribution in [1.82, 2.24) is 0 Å². The van der Waals surface area contributed by atoms with Crippen molar-refractivity contribution in [2.45, 2.75) is 14.7 Å². The van der Waals surface area contributed by atoms with Crippen LogP contribution in [-0.2, 0) is 30.4 Å². The molecule has 6 N–H and O–H groups in total. The van der Waals surface area contributed by atoms with Crippen LogP contribution in [0.5, 0.6) is 11.5 Å². The topological polar surface area (TPSA) is 268 Å². The number of rotatable bonds is 8. The number of fused-ring (bicyclic) bond motifs is 1. The second-order valence-corrected chi connectivity index (χ2v) is 12.6. The third kappa shape index (κ3) is 6.51. The number of anilines is 1. The van der Waals surface area contributed by atoms with Crippen molar-refractivity contribution in [3.8, 4) is 11.5 Å². The second-order valence-electron chi connectivity index (χ2n) is 8.35. The molecule has 19 heteroatoms. The molecular weight excluding hydrogens is 618 g/mol. The summed E-state index contributed by atoms with van der Waals surface area (Å²) in [6.07, 6.45) is 0. The standard InChI is InChI=1S/C23H19N5O11S3/c1-39-20-8-13(5-6-17(20)27-25-12-3-2-4-14(7-12)40(30,31)32)26-28-18-11-21(42(36,37)38)16-9-15(41(33,34)35)10-19(29)22(16)23(18)24/h2-11,29H,24H2,1H3,(H,30,31,32)(H,33,34,35)(H,36,37,38). The Morgan fingerprint density at radius 2 is 1.31 bits per heavy atom. The van der Waals surface area contributed by atoms with E-state index in [4.69, 9.17) is 10.5 Å². The van der Waals surface area contributed by atoms with Crippen LogP contribution < -0.4 is 10.5 Å². The van der Waals surface area contributed by atoms with E-state index in [-0.39, 0.29) is 44.5 Å². The number of benzene rings is 4. The summed E-state index contributed by atoms with van der Waals surface area (Å²) >= 11 is 0. The van der Waals surface area contributed by atoms with E-state index in [2.05, 4.69) is 20.5 Å². The number of phenolic OH excluding ortho intramolecular Hbond substituents is 1. The van der Waals surface area contributed by atoms with E-state index in [0.717, 1.165) is 12.1 Å². The first kappa shape index (κ1) is 30.4. The molecule has 0 saturated heterocycles. The molecule has 42 heavy (non-hydrogen) atoms. The van der Waals surface area contributed by atoms with E-state index >= 15 is 0 Å². The van der Waals surface area contributed by atoms with Gasteiger partial charge in [-0.1, -0.05) is 6.07 Å². The van der Waals surface area contributed by atoms with Crippen LogP contribution in [0.1, 0.15) is 0 Å². The van der Waals surface area contributed by atoms with E-state index in [9.17, 15) is 44.0 Å². The molecule has 0 unspecified atom stereocenters. The zero-order chi connectivity index (χ0) is 31.0. The Balaban J connectivity index is 1.74. The molecule has 4 rings (SSSR count). The zero-order valence-corrected chi connectivity index (χ0v) is 23.5. The van der Waals surface area contributed by atoms with E-state index in [0.29, 0.717) is 12.1 Å². The van der Waals surface area contributed by atoms with Crippen LogP contribution in [0.2, 0.25) is 0 Å². The summed E-state index contributed by atoms with van der Waals surface area (Å²) in [4.78, 5) is -2.09. The van der Waals surface area contributed by atoms with Gasteiger partial charge in [0.05, 0.1) is 39.3 Å². The summed E-state index contributed by atoms with van der Waals surface area (Å²) < 4.78 is 103. The number of nitrogens with two attached hydrogens (primary N) is 1. The van der Waals surface area contributed by atoms with Gasteiger partial charge in [-0.2, -0.15) is 35.5 Å². The van der Waals surface area contributed by atoms with E-state index < -0.39 is 51.3 Å².